The van der Waals surface area contributed by atoms with Crippen LogP contribution in [0.25, 0.3) is 0 Å². The number of hydrogen-bond donors (Lipinski definition) is 1. The smallest absolute Gasteiger partial charge is 0.213 e. The van der Waals surface area contributed by atoms with E-state index in [1.54, 1.807) is 7.11 Å². The van der Waals surface area contributed by atoms with Gasteiger partial charge in [0.15, 0.2) is 0 Å². The number of anilines is 1. The second-order valence-electron chi connectivity index (χ2n) is 3.54. The van der Waals surface area contributed by atoms with Crippen molar-refractivity contribution in [1.29, 1.82) is 0 Å². The number of benzene rings is 1. The summed E-state index contributed by atoms with van der Waals surface area (Å²) in [6.07, 6.45) is 0. The minimum atomic E-state index is 0.638. The maximum absolute atomic E-state index is 5.08. The molecule has 2 aromatic rings. The molecular formula is C13H13BrN2O. The van der Waals surface area contributed by atoms with Crippen LogP contribution >= 0.6 is 15.9 Å². The van der Waals surface area contributed by atoms with Crippen molar-refractivity contribution in [2.24, 2.45) is 0 Å². The molecule has 1 aromatic carbocycles. The Balaban J connectivity index is 2.02. The molecule has 17 heavy (non-hydrogen) atoms. The topological polar surface area (TPSA) is 34.1 Å². The molecule has 0 aliphatic rings. The summed E-state index contributed by atoms with van der Waals surface area (Å²) >= 11 is 3.44. The Morgan fingerprint density at radius 2 is 2.06 bits per heavy atom. The fourth-order valence-corrected chi connectivity index (χ4v) is 1.86. The summed E-state index contributed by atoms with van der Waals surface area (Å²) in [5, 5.41) is 3.31. The first-order chi connectivity index (χ1) is 8.28. The zero-order chi connectivity index (χ0) is 12.1. The third-order valence-electron chi connectivity index (χ3n) is 2.29. The van der Waals surface area contributed by atoms with Crippen LogP contribution in [0.15, 0.2) is 46.9 Å². The van der Waals surface area contributed by atoms with E-state index in [0.717, 1.165) is 15.9 Å². The maximum Gasteiger partial charge on any atom is 0.213 e. The van der Waals surface area contributed by atoms with Crippen LogP contribution in [0.4, 0.5) is 5.69 Å². The van der Waals surface area contributed by atoms with Gasteiger partial charge in [0, 0.05) is 16.2 Å². The zero-order valence-corrected chi connectivity index (χ0v) is 11.1. The Labute approximate surface area is 109 Å². The normalized spacial score (nSPS) is 10.0. The molecule has 0 saturated heterocycles. The molecule has 0 aliphatic carbocycles. The van der Waals surface area contributed by atoms with Crippen LogP contribution in [0, 0.1) is 0 Å². The van der Waals surface area contributed by atoms with Gasteiger partial charge in [-0.05, 0) is 24.3 Å². The van der Waals surface area contributed by atoms with Gasteiger partial charge in [0.1, 0.15) is 0 Å². The van der Waals surface area contributed by atoms with E-state index < -0.39 is 0 Å². The lowest BCUT2D eigenvalue weighted by Gasteiger charge is -2.07. The Bertz CT molecular complexity index is 502. The van der Waals surface area contributed by atoms with Gasteiger partial charge < -0.3 is 10.1 Å². The molecule has 0 radical (unpaired) electrons. The molecule has 0 spiro atoms. The lowest BCUT2D eigenvalue weighted by molar-refractivity contribution is 0.396. The lowest BCUT2D eigenvalue weighted by atomic mass is 10.3. The molecule has 88 valence electrons. The minimum Gasteiger partial charge on any atom is -0.481 e. The highest BCUT2D eigenvalue weighted by Crippen LogP contribution is 2.16. The number of halogens is 1. The molecular weight excluding hydrogens is 280 g/mol. The van der Waals surface area contributed by atoms with E-state index in [4.69, 9.17) is 4.74 Å². The van der Waals surface area contributed by atoms with Gasteiger partial charge >= 0.3 is 0 Å². The number of rotatable bonds is 4. The van der Waals surface area contributed by atoms with Crippen molar-refractivity contribution >= 4 is 21.6 Å². The van der Waals surface area contributed by atoms with Crippen LogP contribution in [0.1, 0.15) is 5.69 Å². The fourth-order valence-electron chi connectivity index (χ4n) is 1.46. The van der Waals surface area contributed by atoms with Gasteiger partial charge in [0.05, 0.1) is 19.3 Å². The van der Waals surface area contributed by atoms with E-state index >= 15 is 0 Å². The van der Waals surface area contributed by atoms with Crippen molar-refractivity contribution in [1.82, 2.24) is 4.98 Å². The van der Waals surface area contributed by atoms with Gasteiger partial charge in [0.2, 0.25) is 5.88 Å². The predicted molar refractivity (Wildman–Crippen MR) is 72.3 cm³/mol. The first-order valence-corrected chi connectivity index (χ1v) is 6.06. The molecule has 0 aliphatic heterocycles. The third-order valence-corrected chi connectivity index (χ3v) is 2.78. The number of methoxy groups -OCH3 is 1. The van der Waals surface area contributed by atoms with Crippen LogP contribution in [-0.2, 0) is 6.54 Å². The van der Waals surface area contributed by atoms with Crippen LogP contribution < -0.4 is 10.1 Å². The van der Waals surface area contributed by atoms with Crippen LogP contribution in [0.5, 0.6) is 5.88 Å². The van der Waals surface area contributed by atoms with Crippen molar-refractivity contribution < 1.29 is 4.74 Å². The van der Waals surface area contributed by atoms with Crippen molar-refractivity contribution in [3.8, 4) is 5.88 Å². The SMILES string of the molecule is COc1cccc(CNc2cccc(Br)c2)n1. The van der Waals surface area contributed by atoms with E-state index in [1.165, 1.54) is 0 Å². The van der Waals surface area contributed by atoms with E-state index in [2.05, 4.69) is 26.2 Å². The van der Waals surface area contributed by atoms with Crippen molar-refractivity contribution in [2.45, 2.75) is 6.54 Å². The Morgan fingerprint density at radius 1 is 1.24 bits per heavy atom. The van der Waals surface area contributed by atoms with Gasteiger partial charge in [-0.15, -0.1) is 0 Å². The number of pyridine rings is 1. The average molecular weight is 293 g/mol. The molecule has 0 unspecified atom stereocenters. The standard InChI is InChI=1S/C13H13BrN2O/c1-17-13-7-3-6-12(16-13)9-15-11-5-2-4-10(14)8-11/h2-8,15H,9H2,1H3. The van der Waals surface area contributed by atoms with Gasteiger partial charge in [-0.1, -0.05) is 28.1 Å². The number of ether oxygens (including phenoxy) is 1. The van der Waals surface area contributed by atoms with Gasteiger partial charge in [-0.3, -0.25) is 0 Å². The first kappa shape index (κ1) is 11.9. The molecule has 0 bridgehead atoms. The molecule has 1 N–H and O–H groups in total. The van der Waals surface area contributed by atoms with Gasteiger partial charge in [0.25, 0.3) is 0 Å². The second-order valence-corrected chi connectivity index (χ2v) is 4.45. The molecule has 2 rings (SSSR count). The van der Waals surface area contributed by atoms with Crippen LogP contribution in [0.3, 0.4) is 0 Å². The fraction of sp³-hybridized carbons (Fsp3) is 0.154. The molecule has 1 aromatic heterocycles. The first-order valence-electron chi connectivity index (χ1n) is 5.27. The second kappa shape index (κ2) is 5.68. The maximum atomic E-state index is 5.08. The predicted octanol–water partition coefficient (Wildman–Crippen LogP) is 3.46. The summed E-state index contributed by atoms with van der Waals surface area (Å²) < 4.78 is 6.14. The minimum absolute atomic E-state index is 0.638. The summed E-state index contributed by atoms with van der Waals surface area (Å²) in [6.45, 7) is 0.674. The van der Waals surface area contributed by atoms with Gasteiger partial charge in [-0.25, -0.2) is 4.98 Å². The summed E-state index contributed by atoms with van der Waals surface area (Å²) in [4.78, 5) is 4.33. The highest BCUT2D eigenvalue weighted by molar-refractivity contribution is 9.10. The lowest BCUT2D eigenvalue weighted by Crippen LogP contribution is -2.02. The number of aromatic nitrogens is 1. The molecule has 1 heterocycles. The van der Waals surface area contributed by atoms with Crippen LogP contribution in [0.2, 0.25) is 0 Å². The average Bonchev–Trinajstić information content (AvgIpc) is 2.37. The molecule has 0 atom stereocenters. The molecule has 0 amide bonds. The Kier molecular flexibility index (Phi) is 3.98. The number of hydrogen-bond acceptors (Lipinski definition) is 3. The quantitative estimate of drug-likeness (QED) is 0.937. The van der Waals surface area contributed by atoms with E-state index in [1.807, 2.05) is 42.5 Å². The summed E-state index contributed by atoms with van der Waals surface area (Å²) in [5.41, 5.74) is 2.01. The molecule has 0 saturated carbocycles. The largest absolute Gasteiger partial charge is 0.481 e. The number of nitrogens with one attached hydrogen (secondary N) is 1. The zero-order valence-electron chi connectivity index (χ0n) is 9.48. The van der Waals surface area contributed by atoms with Crippen molar-refractivity contribution in [3.63, 3.8) is 0 Å². The summed E-state index contributed by atoms with van der Waals surface area (Å²) in [7, 11) is 1.62. The monoisotopic (exact) mass is 292 g/mol. The molecule has 4 heteroatoms. The molecule has 3 nitrogen and oxygen atoms in total. The third kappa shape index (κ3) is 3.46. The van der Waals surface area contributed by atoms with E-state index in [9.17, 15) is 0 Å². The Morgan fingerprint density at radius 3 is 2.82 bits per heavy atom. The Hall–Kier alpha value is -1.55. The van der Waals surface area contributed by atoms with Crippen molar-refractivity contribution in [2.75, 3.05) is 12.4 Å². The van der Waals surface area contributed by atoms with Crippen LogP contribution in [-0.4, -0.2) is 12.1 Å². The van der Waals surface area contributed by atoms with E-state index in [0.29, 0.717) is 12.4 Å². The highest BCUT2D eigenvalue weighted by Gasteiger charge is 1.98. The summed E-state index contributed by atoms with van der Waals surface area (Å²) in [6, 6.07) is 13.8. The van der Waals surface area contributed by atoms with E-state index in [-0.39, 0.29) is 0 Å². The summed E-state index contributed by atoms with van der Waals surface area (Å²) in [5.74, 6) is 0.638. The van der Waals surface area contributed by atoms with Crippen molar-refractivity contribution in [3.05, 3.63) is 52.6 Å². The highest BCUT2D eigenvalue weighted by atomic mass is 79.9. The molecule has 0 fully saturated rings. The number of nitrogens with zero attached hydrogens (tertiary/aromatic N) is 1. The van der Waals surface area contributed by atoms with Gasteiger partial charge in [-0.2, -0.15) is 0 Å².